The average molecular weight is 230 g/mol. The van der Waals surface area contributed by atoms with E-state index in [-0.39, 0.29) is 69.1 Å². The summed E-state index contributed by atoms with van der Waals surface area (Å²) in [6.07, 6.45) is 0. The molecule has 41 valence electrons. The van der Waals surface area contributed by atoms with Gasteiger partial charge in [-0.15, -0.1) is 0 Å². The molecule has 0 aromatic rings. The molecule has 0 aliphatic heterocycles. The molecule has 5 nitrogen and oxygen atoms in total. The Morgan fingerprint density at radius 3 is 0.333 bits per heavy atom. The van der Waals surface area contributed by atoms with Crippen molar-refractivity contribution in [3.63, 3.8) is 0 Å². The first-order valence-electron chi connectivity index (χ1n) is 0. The molecule has 0 aromatic carbocycles. The maximum absolute atomic E-state index is 0. The Morgan fingerprint density at radius 2 is 0.333 bits per heavy atom. The topological polar surface area (TPSA) is 158 Å². The predicted octanol–water partition coefficient (Wildman–Crippen LogP) is -4.12. The van der Waals surface area contributed by atoms with Gasteiger partial charge in [-0.3, -0.25) is 0 Å². The van der Waals surface area contributed by atoms with E-state index < -0.39 is 0 Å². The summed E-state index contributed by atoms with van der Waals surface area (Å²) in [6, 6.07) is 0. The molecule has 0 amide bonds. The van der Waals surface area contributed by atoms with Crippen LogP contribution in [-0.4, -0.2) is 27.4 Å². The standard InChI is InChI=1S/Ce.5H2O/h;5*1H2/q+3;;;;;. The molecule has 0 aromatic heterocycles. The van der Waals surface area contributed by atoms with Gasteiger partial charge in [0, 0.05) is 0 Å². The van der Waals surface area contributed by atoms with E-state index in [0.717, 1.165) is 0 Å². The Morgan fingerprint density at radius 1 is 0.333 bits per heavy atom. The fourth-order valence-electron chi connectivity index (χ4n) is 0. The van der Waals surface area contributed by atoms with Gasteiger partial charge in [0.25, 0.3) is 0 Å². The van der Waals surface area contributed by atoms with Gasteiger partial charge in [-0.25, -0.2) is 0 Å². The van der Waals surface area contributed by atoms with Crippen LogP contribution in [-0.2, 0) is 0 Å². The number of hydrogen-bond donors (Lipinski definition) is 0. The van der Waals surface area contributed by atoms with Gasteiger partial charge in [-0.2, -0.15) is 0 Å². The minimum Gasteiger partial charge on any atom is -0.412 e. The summed E-state index contributed by atoms with van der Waals surface area (Å²) in [5.41, 5.74) is 0. The van der Waals surface area contributed by atoms with Crippen molar-refractivity contribution >= 4 is 0 Å². The first-order chi connectivity index (χ1) is 0. The van der Waals surface area contributed by atoms with Crippen LogP contribution < -0.4 is 0 Å². The van der Waals surface area contributed by atoms with E-state index in [2.05, 4.69) is 0 Å². The molecule has 0 aliphatic rings. The molecule has 6 heteroatoms. The van der Waals surface area contributed by atoms with Gasteiger partial charge in [0.2, 0.25) is 0 Å². The van der Waals surface area contributed by atoms with Crippen LogP contribution in [0.15, 0.2) is 0 Å². The molecule has 10 N–H and O–H groups in total. The maximum atomic E-state index is 0. The Labute approximate surface area is 68.7 Å². The molecular formula is H10CeO5+3. The quantitative estimate of drug-likeness (QED) is 0.396. The van der Waals surface area contributed by atoms with Crippen LogP contribution in [0, 0.1) is 41.7 Å². The van der Waals surface area contributed by atoms with Crippen molar-refractivity contribution in [3.8, 4) is 0 Å². The zero-order chi connectivity index (χ0) is 0. The molecule has 0 aliphatic carbocycles. The Bertz CT molecular complexity index is 3.90. The van der Waals surface area contributed by atoms with E-state index in [0.29, 0.717) is 0 Å². The Balaban J connectivity index is 0. The minimum absolute atomic E-state index is 0. The molecule has 0 rings (SSSR count). The Kier molecular flexibility index (Phi) is 3940. The maximum Gasteiger partial charge on any atom is 3.00 e. The zero-order valence-corrected chi connectivity index (χ0v) is 6.14. The van der Waals surface area contributed by atoms with Crippen LogP contribution in [0.3, 0.4) is 0 Å². The van der Waals surface area contributed by atoms with Gasteiger partial charge in [-0.05, 0) is 0 Å². The van der Waals surface area contributed by atoms with Gasteiger partial charge in [0.15, 0.2) is 0 Å². The van der Waals surface area contributed by atoms with Crippen LogP contribution in [0.5, 0.6) is 0 Å². The third-order valence-corrected chi connectivity index (χ3v) is 0. The number of hydrogen-bond acceptors (Lipinski definition) is 0. The Hall–Kier alpha value is 1.18. The van der Waals surface area contributed by atoms with Crippen molar-refractivity contribution in [2.24, 2.45) is 0 Å². The molecule has 0 fully saturated rings. The molecular weight excluding hydrogens is 220 g/mol. The van der Waals surface area contributed by atoms with Gasteiger partial charge in [-0.1, -0.05) is 0 Å². The summed E-state index contributed by atoms with van der Waals surface area (Å²) in [6.45, 7) is 0. The average Bonchev–Trinajstić information content (AvgIpc) is 0. The summed E-state index contributed by atoms with van der Waals surface area (Å²) >= 11 is 0. The van der Waals surface area contributed by atoms with Crippen molar-refractivity contribution in [2.45, 2.75) is 0 Å². The van der Waals surface area contributed by atoms with E-state index in [1.54, 1.807) is 0 Å². The van der Waals surface area contributed by atoms with Crippen LogP contribution >= 0.6 is 0 Å². The van der Waals surface area contributed by atoms with E-state index in [1.165, 1.54) is 0 Å². The monoisotopic (exact) mass is 230 g/mol. The van der Waals surface area contributed by atoms with Crippen molar-refractivity contribution < 1.29 is 69.1 Å². The SMILES string of the molecule is O.O.O.O.O.[Ce+3]. The molecule has 0 saturated heterocycles. The largest absolute Gasteiger partial charge is 3.00 e. The summed E-state index contributed by atoms with van der Waals surface area (Å²) < 4.78 is 0. The van der Waals surface area contributed by atoms with Gasteiger partial charge < -0.3 is 27.4 Å². The normalized spacial score (nSPS) is 0. The molecule has 0 unspecified atom stereocenters. The molecule has 1 radical (unpaired) electrons. The van der Waals surface area contributed by atoms with E-state index in [4.69, 9.17) is 0 Å². The molecule has 0 heterocycles. The summed E-state index contributed by atoms with van der Waals surface area (Å²) in [7, 11) is 0. The van der Waals surface area contributed by atoms with Crippen molar-refractivity contribution in [1.29, 1.82) is 0 Å². The molecule has 6 heavy (non-hydrogen) atoms. The summed E-state index contributed by atoms with van der Waals surface area (Å²) in [5, 5.41) is 0. The second-order valence-corrected chi connectivity index (χ2v) is 0. The van der Waals surface area contributed by atoms with Crippen molar-refractivity contribution in [1.82, 2.24) is 0 Å². The fraction of sp³-hybridized carbons (Fsp3) is 0. The zero-order valence-electron chi connectivity index (χ0n) is 3.00. The van der Waals surface area contributed by atoms with Crippen LogP contribution in [0.25, 0.3) is 0 Å². The third-order valence-electron chi connectivity index (χ3n) is 0. The van der Waals surface area contributed by atoms with Crippen LogP contribution in [0.2, 0.25) is 0 Å². The summed E-state index contributed by atoms with van der Waals surface area (Å²) in [5.74, 6) is 0. The molecule has 0 atom stereocenters. The molecule has 0 bridgehead atoms. The number of rotatable bonds is 0. The second kappa shape index (κ2) is 120. The van der Waals surface area contributed by atoms with E-state index in [9.17, 15) is 0 Å². The first kappa shape index (κ1) is 198. The van der Waals surface area contributed by atoms with Crippen LogP contribution in [0.4, 0.5) is 0 Å². The van der Waals surface area contributed by atoms with Gasteiger partial charge in [0.1, 0.15) is 0 Å². The second-order valence-electron chi connectivity index (χ2n) is 0. The fourth-order valence-corrected chi connectivity index (χ4v) is 0. The first-order valence-corrected chi connectivity index (χ1v) is 0. The third kappa shape index (κ3) is 65.2. The van der Waals surface area contributed by atoms with E-state index in [1.807, 2.05) is 0 Å². The van der Waals surface area contributed by atoms with Gasteiger partial charge in [0.05, 0.1) is 0 Å². The molecule has 0 saturated carbocycles. The predicted molar refractivity (Wildman–Crippen MR) is 18.1 cm³/mol. The van der Waals surface area contributed by atoms with E-state index >= 15 is 0 Å². The van der Waals surface area contributed by atoms with Crippen molar-refractivity contribution in [2.75, 3.05) is 0 Å². The smallest absolute Gasteiger partial charge is 0.412 e. The molecule has 0 spiro atoms. The van der Waals surface area contributed by atoms with Crippen LogP contribution in [0.1, 0.15) is 0 Å². The minimum atomic E-state index is 0. The summed E-state index contributed by atoms with van der Waals surface area (Å²) in [4.78, 5) is 0. The van der Waals surface area contributed by atoms with Gasteiger partial charge >= 0.3 is 41.7 Å². The van der Waals surface area contributed by atoms with Crippen molar-refractivity contribution in [3.05, 3.63) is 0 Å².